The van der Waals surface area contributed by atoms with Crippen LogP contribution in [0.25, 0.3) is 32.7 Å². The van der Waals surface area contributed by atoms with E-state index in [1.165, 1.54) is 44.2 Å². The van der Waals surface area contributed by atoms with Gasteiger partial charge in [0.2, 0.25) is 0 Å². The molecule has 1 aliphatic carbocycles. The van der Waals surface area contributed by atoms with Crippen LogP contribution in [-0.4, -0.2) is 0 Å². The largest absolute Gasteiger partial charge is 0.455 e. The summed E-state index contributed by atoms with van der Waals surface area (Å²) in [7, 11) is 0. The molecule has 2 nitrogen and oxygen atoms in total. The maximum Gasteiger partial charge on any atom is 0.140 e. The van der Waals surface area contributed by atoms with Crippen LogP contribution in [0.1, 0.15) is 22.3 Å². The molecule has 47 heavy (non-hydrogen) atoms. The van der Waals surface area contributed by atoms with Crippen LogP contribution in [0.2, 0.25) is 0 Å². The normalized spacial score (nSPS) is 13.4. The predicted molar refractivity (Wildman–Crippen MR) is 194 cm³/mol. The third-order valence-electron chi connectivity index (χ3n) is 10.1. The first-order valence-corrected chi connectivity index (χ1v) is 16.2. The summed E-state index contributed by atoms with van der Waals surface area (Å²) in [5.41, 5.74) is 10.2. The smallest absolute Gasteiger partial charge is 0.140 e. The summed E-state index contributed by atoms with van der Waals surface area (Å²) in [4.78, 5) is 2.36. The number of benzene rings is 8. The van der Waals surface area contributed by atoms with Crippen molar-refractivity contribution in [3.63, 3.8) is 0 Å². The van der Waals surface area contributed by atoms with E-state index in [0.29, 0.717) is 0 Å². The van der Waals surface area contributed by atoms with E-state index in [2.05, 4.69) is 181 Å². The van der Waals surface area contributed by atoms with Crippen LogP contribution < -0.4 is 9.64 Å². The highest BCUT2D eigenvalue weighted by Gasteiger charge is 2.52. The number of rotatable bonds is 3. The molecule has 0 N–H and O–H groups in total. The Morgan fingerprint density at radius 3 is 1.49 bits per heavy atom. The molecule has 220 valence electrons. The second-order valence-electron chi connectivity index (χ2n) is 12.5. The van der Waals surface area contributed by atoms with Gasteiger partial charge in [0.15, 0.2) is 0 Å². The fraction of sp³-hybridized carbons (Fsp3) is 0.0222. The van der Waals surface area contributed by atoms with Gasteiger partial charge in [0.05, 0.1) is 5.41 Å². The molecule has 0 fully saturated rings. The average molecular weight is 600 g/mol. The van der Waals surface area contributed by atoms with E-state index in [1.807, 2.05) is 0 Å². The number of anilines is 3. The Morgan fingerprint density at radius 2 is 0.872 bits per heavy atom. The van der Waals surface area contributed by atoms with Gasteiger partial charge in [-0.1, -0.05) is 140 Å². The van der Waals surface area contributed by atoms with Gasteiger partial charge in [-0.2, -0.15) is 0 Å². The van der Waals surface area contributed by atoms with Crippen molar-refractivity contribution in [1.29, 1.82) is 0 Å². The highest BCUT2D eigenvalue weighted by Crippen LogP contribution is 2.64. The minimum absolute atomic E-state index is 0.585. The zero-order chi connectivity index (χ0) is 31.0. The molecule has 2 heteroatoms. The Labute approximate surface area is 273 Å². The fourth-order valence-electron chi connectivity index (χ4n) is 8.13. The molecule has 0 unspecified atom stereocenters. The Kier molecular flexibility index (Phi) is 5.53. The van der Waals surface area contributed by atoms with Gasteiger partial charge in [-0.25, -0.2) is 0 Å². The van der Waals surface area contributed by atoms with Gasteiger partial charge in [0.25, 0.3) is 0 Å². The minimum atomic E-state index is -0.585. The molecule has 0 aromatic heterocycles. The van der Waals surface area contributed by atoms with Gasteiger partial charge in [-0.3, -0.25) is 0 Å². The van der Waals surface area contributed by atoms with Crippen molar-refractivity contribution in [2.45, 2.75) is 5.41 Å². The third-order valence-corrected chi connectivity index (χ3v) is 10.1. The van der Waals surface area contributed by atoms with Crippen LogP contribution in [0.15, 0.2) is 176 Å². The minimum Gasteiger partial charge on any atom is -0.455 e. The Morgan fingerprint density at radius 1 is 0.362 bits per heavy atom. The molecule has 10 rings (SSSR count). The first-order chi connectivity index (χ1) is 23.3. The number of para-hydroxylation sites is 2. The van der Waals surface area contributed by atoms with Crippen molar-refractivity contribution in [1.82, 2.24) is 0 Å². The van der Waals surface area contributed by atoms with Crippen LogP contribution in [0.5, 0.6) is 11.5 Å². The molecule has 0 saturated carbocycles. The van der Waals surface area contributed by atoms with E-state index in [0.717, 1.165) is 39.3 Å². The summed E-state index contributed by atoms with van der Waals surface area (Å²) >= 11 is 0. The molecule has 0 radical (unpaired) electrons. The number of hydrogen-bond donors (Lipinski definition) is 0. The van der Waals surface area contributed by atoms with Crippen molar-refractivity contribution < 1.29 is 4.74 Å². The van der Waals surface area contributed by atoms with E-state index in [4.69, 9.17) is 4.74 Å². The lowest BCUT2D eigenvalue weighted by atomic mass is 9.65. The summed E-state index contributed by atoms with van der Waals surface area (Å²) in [6.07, 6.45) is 0. The third kappa shape index (κ3) is 3.61. The first kappa shape index (κ1) is 26.1. The predicted octanol–water partition coefficient (Wildman–Crippen LogP) is 11.9. The topological polar surface area (TPSA) is 12.5 Å². The zero-order valence-corrected chi connectivity index (χ0v) is 25.6. The molecule has 8 aromatic carbocycles. The van der Waals surface area contributed by atoms with Crippen LogP contribution in [-0.2, 0) is 5.41 Å². The van der Waals surface area contributed by atoms with E-state index >= 15 is 0 Å². The first-order valence-electron chi connectivity index (χ1n) is 16.2. The maximum absolute atomic E-state index is 7.13. The van der Waals surface area contributed by atoms with Crippen LogP contribution in [0.4, 0.5) is 17.1 Å². The van der Waals surface area contributed by atoms with Crippen LogP contribution in [0, 0.1) is 0 Å². The molecule has 2 aliphatic rings. The lowest BCUT2D eigenvalue weighted by Gasteiger charge is -2.40. The fourth-order valence-corrected chi connectivity index (χ4v) is 8.13. The molecular weight excluding hydrogens is 571 g/mol. The summed E-state index contributed by atoms with van der Waals surface area (Å²) < 4.78 is 7.13. The Balaban J connectivity index is 1.35. The molecule has 1 spiro atoms. The molecule has 0 amide bonds. The second-order valence-corrected chi connectivity index (χ2v) is 12.5. The Hall–Kier alpha value is -6.12. The number of hydrogen-bond acceptors (Lipinski definition) is 2. The molecule has 8 aromatic rings. The molecule has 0 bridgehead atoms. The lowest BCUT2D eigenvalue weighted by Crippen LogP contribution is -2.32. The van der Waals surface area contributed by atoms with Gasteiger partial charge in [-0.15, -0.1) is 0 Å². The monoisotopic (exact) mass is 599 g/mol. The van der Waals surface area contributed by atoms with Crippen molar-refractivity contribution in [3.8, 4) is 22.6 Å². The summed E-state index contributed by atoms with van der Waals surface area (Å²) in [6.45, 7) is 0. The summed E-state index contributed by atoms with van der Waals surface area (Å²) in [6, 6.07) is 63.6. The standard InChI is InChI=1S/C45H29NO/c1-3-15-32(16-4-1)46(33-17-5-2-6-18-33)34-25-26-38-37-21-11-12-22-39(37)45(42(38)29-34)40-27-23-30-13-7-9-19-35(30)43(40)47-44-36-20-10-8-14-31(36)24-28-41(44)45/h1-29H. The number of nitrogens with zero attached hydrogens (tertiary/aromatic N) is 1. The van der Waals surface area contributed by atoms with Crippen LogP contribution >= 0.6 is 0 Å². The van der Waals surface area contributed by atoms with Crippen molar-refractivity contribution >= 4 is 38.6 Å². The molecule has 1 aliphatic heterocycles. The summed E-state index contributed by atoms with van der Waals surface area (Å²) in [5.74, 6) is 1.87. The highest BCUT2D eigenvalue weighted by atomic mass is 16.5. The molecule has 0 atom stereocenters. The van der Waals surface area contributed by atoms with Crippen LogP contribution in [0.3, 0.4) is 0 Å². The van der Waals surface area contributed by atoms with Crippen molar-refractivity contribution in [3.05, 3.63) is 198 Å². The highest BCUT2D eigenvalue weighted by molar-refractivity contribution is 6.00. The van der Waals surface area contributed by atoms with Gasteiger partial charge < -0.3 is 9.64 Å². The van der Waals surface area contributed by atoms with E-state index in [9.17, 15) is 0 Å². The van der Waals surface area contributed by atoms with E-state index in [1.54, 1.807) is 0 Å². The van der Waals surface area contributed by atoms with E-state index in [-0.39, 0.29) is 0 Å². The van der Waals surface area contributed by atoms with Gasteiger partial charge >= 0.3 is 0 Å². The molecule has 1 heterocycles. The van der Waals surface area contributed by atoms with Gasteiger partial charge in [0, 0.05) is 39.0 Å². The number of ether oxygens (including phenoxy) is 1. The van der Waals surface area contributed by atoms with Gasteiger partial charge in [-0.05, 0) is 69.4 Å². The van der Waals surface area contributed by atoms with Crippen molar-refractivity contribution in [2.75, 3.05) is 4.90 Å². The molecule has 0 saturated heterocycles. The average Bonchev–Trinajstić information content (AvgIpc) is 3.42. The summed E-state index contributed by atoms with van der Waals surface area (Å²) in [5, 5.41) is 4.59. The number of fused-ring (bicyclic) bond motifs is 13. The lowest BCUT2D eigenvalue weighted by molar-refractivity contribution is 0.447. The van der Waals surface area contributed by atoms with Crippen molar-refractivity contribution in [2.24, 2.45) is 0 Å². The zero-order valence-electron chi connectivity index (χ0n) is 25.6. The quantitative estimate of drug-likeness (QED) is 0.200. The van der Waals surface area contributed by atoms with E-state index < -0.39 is 5.41 Å². The van der Waals surface area contributed by atoms with Gasteiger partial charge in [0.1, 0.15) is 11.5 Å². The SMILES string of the molecule is c1ccc(N(c2ccccc2)c2ccc3c(c2)C2(c4ccccc4-3)c3ccc4ccccc4c3Oc3c2ccc2ccccc32)cc1. The Bertz CT molecular complexity index is 2370. The maximum atomic E-state index is 7.13. The molecular formula is C45H29NO. The second kappa shape index (κ2) is 9.94.